The molecule has 0 aliphatic heterocycles. The molecule has 130 valence electrons. The predicted octanol–water partition coefficient (Wildman–Crippen LogP) is 3.53. The van der Waals surface area contributed by atoms with Crippen LogP contribution in [-0.4, -0.2) is 21.8 Å². The summed E-state index contributed by atoms with van der Waals surface area (Å²) in [4.78, 5) is 15.7. The summed E-state index contributed by atoms with van der Waals surface area (Å²) in [7, 11) is 0. The Bertz CT molecular complexity index is 930. The van der Waals surface area contributed by atoms with Gasteiger partial charge in [0.05, 0.1) is 24.4 Å². The maximum Gasteiger partial charge on any atom is 0.347 e. The average molecular weight is 357 g/mol. The number of ketones is 1. The molecule has 1 heterocycles. The molecule has 2 aliphatic carbocycles. The lowest BCUT2D eigenvalue weighted by molar-refractivity contribution is -0.283. The number of hydrogen-bond acceptors (Lipinski definition) is 4. The van der Waals surface area contributed by atoms with E-state index in [2.05, 4.69) is 4.98 Å². The van der Waals surface area contributed by atoms with Gasteiger partial charge in [-0.2, -0.15) is 17.6 Å². The van der Waals surface area contributed by atoms with Crippen molar-refractivity contribution in [1.29, 1.82) is 0 Å². The zero-order valence-corrected chi connectivity index (χ0v) is 12.2. The van der Waals surface area contributed by atoms with E-state index in [-0.39, 0.29) is 11.5 Å². The first kappa shape index (κ1) is 15.9. The molecule has 4 nitrogen and oxygen atoms in total. The molecule has 0 radical (unpaired) electrons. The van der Waals surface area contributed by atoms with Crippen molar-refractivity contribution in [2.75, 3.05) is 0 Å². The Morgan fingerprint density at radius 1 is 1.16 bits per heavy atom. The number of ether oxygens (including phenoxy) is 1. The van der Waals surface area contributed by atoms with E-state index in [0.717, 1.165) is 24.5 Å². The molecule has 0 bridgehead atoms. The Morgan fingerprint density at radius 3 is 2.56 bits per heavy atom. The van der Waals surface area contributed by atoms with E-state index < -0.39 is 52.2 Å². The number of halogens is 5. The van der Waals surface area contributed by atoms with Crippen LogP contribution in [0.5, 0.6) is 11.5 Å². The molecule has 4 rings (SSSR count). The fourth-order valence-electron chi connectivity index (χ4n) is 3.32. The van der Waals surface area contributed by atoms with E-state index in [0.29, 0.717) is 6.07 Å². The van der Waals surface area contributed by atoms with Gasteiger partial charge in [0.2, 0.25) is 0 Å². The van der Waals surface area contributed by atoms with Gasteiger partial charge in [0.25, 0.3) is 0 Å². The Balaban J connectivity index is 1.92. The number of aliphatic hydroxyl groups is 1. The van der Waals surface area contributed by atoms with E-state index in [4.69, 9.17) is 4.74 Å². The molecule has 1 atom stereocenters. The number of aromatic nitrogens is 1. The number of carbonyl (C=O) groups is 1. The normalized spacial score (nSPS) is 25.1. The largest absolute Gasteiger partial charge is 0.455 e. The van der Waals surface area contributed by atoms with Gasteiger partial charge >= 0.3 is 11.8 Å². The SMILES string of the molecule is O=C1CC2(O)c3c(ccc(Oc4cncc(F)c4)c31)C(F)(F)C2(F)F. The highest BCUT2D eigenvalue weighted by molar-refractivity contribution is 6.05. The number of carbonyl (C=O) groups excluding carboxylic acids is 1. The lowest BCUT2D eigenvalue weighted by atomic mass is 9.95. The molecule has 1 unspecified atom stereocenters. The second-order valence-corrected chi connectivity index (χ2v) is 5.91. The zero-order valence-electron chi connectivity index (χ0n) is 12.2. The standard InChI is InChI=1S/C16H8F5NO3/c17-7-3-8(6-22-5-7)25-11-2-1-9-13-12(11)10(23)4-14(13,24)16(20,21)15(9,18)19/h1-3,5-6,24H,4H2. The van der Waals surface area contributed by atoms with E-state index in [1.54, 1.807) is 0 Å². The lowest BCUT2D eigenvalue weighted by Gasteiger charge is -2.29. The number of pyridine rings is 1. The van der Waals surface area contributed by atoms with Crippen LogP contribution in [0.25, 0.3) is 0 Å². The number of nitrogens with zero attached hydrogens (tertiary/aromatic N) is 1. The predicted molar refractivity (Wildman–Crippen MR) is 72.4 cm³/mol. The monoisotopic (exact) mass is 357 g/mol. The molecule has 0 saturated heterocycles. The third-order valence-corrected chi connectivity index (χ3v) is 4.44. The molecule has 0 saturated carbocycles. The summed E-state index contributed by atoms with van der Waals surface area (Å²) >= 11 is 0. The van der Waals surface area contributed by atoms with Crippen LogP contribution in [0.3, 0.4) is 0 Å². The van der Waals surface area contributed by atoms with Crippen LogP contribution in [0.4, 0.5) is 22.0 Å². The number of alkyl halides is 4. The first-order valence-electron chi connectivity index (χ1n) is 7.07. The Kier molecular flexibility index (Phi) is 2.90. The molecule has 9 heteroatoms. The van der Waals surface area contributed by atoms with Crippen molar-refractivity contribution in [1.82, 2.24) is 4.98 Å². The van der Waals surface area contributed by atoms with Crippen molar-refractivity contribution < 1.29 is 36.6 Å². The molecule has 25 heavy (non-hydrogen) atoms. The van der Waals surface area contributed by atoms with Gasteiger partial charge in [-0.1, -0.05) is 0 Å². The summed E-state index contributed by atoms with van der Waals surface area (Å²) in [6.45, 7) is 0. The fourth-order valence-corrected chi connectivity index (χ4v) is 3.32. The molecule has 1 aromatic heterocycles. The molecule has 0 amide bonds. The van der Waals surface area contributed by atoms with Crippen LogP contribution in [0, 0.1) is 5.82 Å². The molecule has 1 N–H and O–H groups in total. The molecular formula is C16H8F5NO3. The maximum absolute atomic E-state index is 14.1. The van der Waals surface area contributed by atoms with Gasteiger partial charge < -0.3 is 9.84 Å². The van der Waals surface area contributed by atoms with E-state index in [1.165, 1.54) is 0 Å². The van der Waals surface area contributed by atoms with Gasteiger partial charge in [-0.15, -0.1) is 0 Å². The summed E-state index contributed by atoms with van der Waals surface area (Å²) in [5.74, 6) is -11.7. The number of benzene rings is 1. The van der Waals surface area contributed by atoms with E-state index in [9.17, 15) is 31.9 Å². The van der Waals surface area contributed by atoms with Crippen molar-refractivity contribution in [3.8, 4) is 11.5 Å². The zero-order chi connectivity index (χ0) is 18.2. The van der Waals surface area contributed by atoms with Crippen LogP contribution in [-0.2, 0) is 11.5 Å². The van der Waals surface area contributed by atoms with Crippen LogP contribution in [0.2, 0.25) is 0 Å². The second-order valence-electron chi connectivity index (χ2n) is 5.91. The molecule has 0 spiro atoms. The van der Waals surface area contributed by atoms with Gasteiger partial charge in [-0.05, 0) is 12.1 Å². The van der Waals surface area contributed by atoms with Gasteiger partial charge in [0, 0.05) is 17.2 Å². The highest BCUT2D eigenvalue weighted by Gasteiger charge is 2.79. The van der Waals surface area contributed by atoms with Gasteiger partial charge in [-0.25, -0.2) is 4.39 Å². The Morgan fingerprint density at radius 2 is 1.88 bits per heavy atom. The molecule has 2 aromatic rings. The smallest absolute Gasteiger partial charge is 0.347 e. The number of Topliss-reactive ketones (excluding diaryl/α,β-unsaturated/α-hetero) is 1. The van der Waals surface area contributed by atoms with Crippen LogP contribution in [0.15, 0.2) is 30.6 Å². The average Bonchev–Trinajstić information content (AvgIpc) is 2.85. The lowest BCUT2D eigenvalue weighted by Crippen LogP contribution is -2.48. The van der Waals surface area contributed by atoms with Gasteiger partial charge in [0.1, 0.15) is 17.3 Å². The quantitative estimate of drug-likeness (QED) is 0.836. The Labute approximate surface area is 136 Å². The van der Waals surface area contributed by atoms with E-state index >= 15 is 0 Å². The highest BCUT2D eigenvalue weighted by Crippen LogP contribution is 2.65. The van der Waals surface area contributed by atoms with E-state index in [1.807, 2.05) is 0 Å². The summed E-state index contributed by atoms with van der Waals surface area (Å²) < 4.78 is 74.8. The van der Waals surface area contributed by atoms with Crippen molar-refractivity contribution >= 4 is 5.78 Å². The summed E-state index contributed by atoms with van der Waals surface area (Å²) in [6.07, 6.45) is 0.789. The van der Waals surface area contributed by atoms with Crippen molar-refractivity contribution in [3.63, 3.8) is 0 Å². The van der Waals surface area contributed by atoms with Crippen molar-refractivity contribution in [3.05, 3.63) is 53.1 Å². The third-order valence-electron chi connectivity index (χ3n) is 4.44. The number of hydrogen-bond donors (Lipinski definition) is 1. The molecule has 1 aromatic carbocycles. The van der Waals surface area contributed by atoms with Gasteiger partial charge in [0.15, 0.2) is 11.4 Å². The van der Waals surface area contributed by atoms with Crippen LogP contribution >= 0.6 is 0 Å². The first-order valence-corrected chi connectivity index (χ1v) is 7.07. The summed E-state index contributed by atoms with van der Waals surface area (Å²) in [5, 5.41) is 10.2. The topological polar surface area (TPSA) is 59.4 Å². The summed E-state index contributed by atoms with van der Waals surface area (Å²) in [5.41, 5.74) is -5.82. The molecular weight excluding hydrogens is 349 g/mol. The Hall–Kier alpha value is -2.55. The highest BCUT2D eigenvalue weighted by atomic mass is 19.3. The molecule has 2 aliphatic rings. The minimum absolute atomic E-state index is 0.157. The number of rotatable bonds is 2. The van der Waals surface area contributed by atoms with Crippen molar-refractivity contribution in [2.45, 2.75) is 23.9 Å². The maximum atomic E-state index is 14.1. The molecule has 0 fully saturated rings. The van der Waals surface area contributed by atoms with Crippen LogP contribution < -0.4 is 4.74 Å². The van der Waals surface area contributed by atoms with Gasteiger partial charge in [-0.3, -0.25) is 9.78 Å². The van der Waals surface area contributed by atoms with Crippen LogP contribution in [0.1, 0.15) is 27.9 Å². The van der Waals surface area contributed by atoms with Crippen molar-refractivity contribution in [2.24, 2.45) is 0 Å². The second kappa shape index (κ2) is 4.54. The first-order chi connectivity index (χ1) is 11.6. The fraction of sp³-hybridized carbons (Fsp3) is 0.250. The third kappa shape index (κ3) is 1.78. The minimum Gasteiger partial charge on any atom is -0.455 e. The minimum atomic E-state index is -4.84. The summed E-state index contributed by atoms with van der Waals surface area (Å²) in [6, 6.07) is 2.51.